The molecule has 1 atom stereocenters. The van der Waals surface area contributed by atoms with Crippen molar-refractivity contribution < 1.29 is 9.59 Å². The van der Waals surface area contributed by atoms with E-state index in [2.05, 4.69) is 22.3 Å². The summed E-state index contributed by atoms with van der Waals surface area (Å²) in [7, 11) is 1.96. The maximum absolute atomic E-state index is 11.2. The van der Waals surface area contributed by atoms with E-state index in [9.17, 15) is 9.59 Å². The van der Waals surface area contributed by atoms with E-state index in [1.54, 1.807) is 0 Å². The molecule has 1 aromatic carbocycles. The highest BCUT2D eigenvalue weighted by atomic mass is 16.2. The van der Waals surface area contributed by atoms with Crippen LogP contribution in [0, 0.1) is 0 Å². The minimum Gasteiger partial charge on any atom is -0.299 e. The van der Waals surface area contributed by atoms with Crippen molar-refractivity contribution in [2.45, 2.75) is 25.9 Å². The monoisotopic (exact) mass is 234 g/mol. The summed E-state index contributed by atoms with van der Waals surface area (Å²) in [6, 6.07) is 10.2. The van der Waals surface area contributed by atoms with Gasteiger partial charge in [0.05, 0.1) is 0 Å². The second kappa shape index (κ2) is 6.81. The number of amides is 2. The Hall–Kier alpha value is -1.68. The zero-order valence-corrected chi connectivity index (χ0v) is 10.2. The van der Waals surface area contributed by atoms with E-state index < -0.39 is 0 Å². The van der Waals surface area contributed by atoms with E-state index in [0.29, 0.717) is 12.8 Å². The molecule has 0 saturated carbocycles. The van der Waals surface area contributed by atoms with Crippen molar-refractivity contribution in [2.24, 2.45) is 0 Å². The topological polar surface area (TPSA) is 49.4 Å². The molecule has 0 aliphatic carbocycles. The fraction of sp³-hybridized carbons (Fsp3) is 0.385. The number of imide groups is 1. The predicted octanol–water partition coefficient (Wildman–Crippen LogP) is 1.17. The fourth-order valence-electron chi connectivity index (χ4n) is 1.58. The van der Waals surface area contributed by atoms with Crippen LogP contribution in [0.25, 0.3) is 0 Å². The lowest BCUT2D eigenvalue weighted by Gasteiger charge is -2.23. The molecule has 0 spiro atoms. The van der Waals surface area contributed by atoms with Crippen molar-refractivity contribution in [1.82, 2.24) is 10.2 Å². The maximum atomic E-state index is 11.2. The van der Waals surface area contributed by atoms with Crippen LogP contribution in [0.2, 0.25) is 0 Å². The second-order valence-corrected chi connectivity index (χ2v) is 4.14. The third-order valence-electron chi connectivity index (χ3n) is 2.73. The van der Waals surface area contributed by atoms with Gasteiger partial charge in [-0.2, -0.15) is 0 Å². The summed E-state index contributed by atoms with van der Waals surface area (Å²) in [5, 5.41) is 2.15. The molecule has 0 bridgehead atoms. The minimum absolute atomic E-state index is 0.0927. The average molecular weight is 234 g/mol. The van der Waals surface area contributed by atoms with Crippen molar-refractivity contribution in [3.8, 4) is 0 Å². The predicted molar refractivity (Wildman–Crippen MR) is 66.2 cm³/mol. The first-order valence-corrected chi connectivity index (χ1v) is 5.60. The number of carbonyl (C=O) groups is 2. The molecule has 0 radical (unpaired) electrons. The van der Waals surface area contributed by atoms with Crippen LogP contribution in [-0.2, 0) is 16.1 Å². The number of carbonyl (C=O) groups excluding carboxylic acids is 2. The smallest absolute Gasteiger partial charge is 0.227 e. The van der Waals surface area contributed by atoms with Crippen molar-refractivity contribution in [3.63, 3.8) is 0 Å². The molecular formula is C13H18N2O2. The van der Waals surface area contributed by atoms with Crippen LogP contribution in [0.5, 0.6) is 0 Å². The molecular weight excluding hydrogens is 216 g/mol. The van der Waals surface area contributed by atoms with Gasteiger partial charge in [-0.1, -0.05) is 30.3 Å². The molecule has 0 saturated heterocycles. The first-order valence-electron chi connectivity index (χ1n) is 5.60. The molecule has 17 heavy (non-hydrogen) atoms. The molecule has 1 rings (SSSR count). The molecule has 0 heterocycles. The highest BCUT2D eigenvalue weighted by Crippen LogP contribution is 2.08. The molecule has 0 fully saturated rings. The van der Waals surface area contributed by atoms with E-state index in [-0.39, 0.29) is 11.9 Å². The van der Waals surface area contributed by atoms with Gasteiger partial charge in [0.15, 0.2) is 0 Å². The van der Waals surface area contributed by atoms with Crippen LogP contribution in [0.1, 0.15) is 18.9 Å². The Labute approximate surface area is 102 Å². The van der Waals surface area contributed by atoms with Crippen LogP contribution >= 0.6 is 0 Å². The third-order valence-corrected chi connectivity index (χ3v) is 2.73. The van der Waals surface area contributed by atoms with Gasteiger partial charge in [0.2, 0.25) is 12.3 Å². The molecule has 1 unspecified atom stereocenters. The van der Waals surface area contributed by atoms with E-state index in [1.807, 2.05) is 32.2 Å². The molecule has 0 aliphatic heterocycles. The standard InChI is InChI=1S/C13H18N2O2/c1-11(8-13(17)14-10-16)15(2)9-12-6-4-3-5-7-12/h3-7,10-11H,8-9H2,1-2H3,(H,14,16,17). The summed E-state index contributed by atoms with van der Waals surface area (Å²) >= 11 is 0. The Morgan fingerprint density at radius 2 is 2.06 bits per heavy atom. The number of rotatable bonds is 6. The summed E-state index contributed by atoms with van der Waals surface area (Å²) < 4.78 is 0. The first kappa shape index (κ1) is 13.4. The van der Waals surface area contributed by atoms with Crippen LogP contribution in [-0.4, -0.2) is 30.3 Å². The van der Waals surface area contributed by atoms with Crippen molar-refractivity contribution in [3.05, 3.63) is 35.9 Å². The lowest BCUT2D eigenvalue weighted by molar-refractivity contribution is -0.126. The number of benzene rings is 1. The molecule has 0 aliphatic rings. The second-order valence-electron chi connectivity index (χ2n) is 4.14. The summed E-state index contributed by atoms with van der Waals surface area (Å²) in [6.45, 7) is 2.75. The molecule has 2 amide bonds. The molecule has 0 aromatic heterocycles. The van der Waals surface area contributed by atoms with Gasteiger partial charge in [-0.15, -0.1) is 0 Å². The Morgan fingerprint density at radius 1 is 1.41 bits per heavy atom. The van der Waals surface area contributed by atoms with Gasteiger partial charge >= 0.3 is 0 Å². The van der Waals surface area contributed by atoms with E-state index >= 15 is 0 Å². The number of hydrogen-bond acceptors (Lipinski definition) is 3. The summed E-state index contributed by atoms with van der Waals surface area (Å²) in [5.41, 5.74) is 1.21. The van der Waals surface area contributed by atoms with Crippen LogP contribution in [0.15, 0.2) is 30.3 Å². The Morgan fingerprint density at radius 3 is 2.65 bits per heavy atom. The Balaban J connectivity index is 2.44. The van der Waals surface area contributed by atoms with E-state index in [4.69, 9.17) is 0 Å². The quantitative estimate of drug-likeness (QED) is 0.752. The lowest BCUT2D eigenvalue weighted by Crippen LogP contribution is -2.34. The largest absolute Gasteiger partial charge is 0.299 e. The van der Waals surface area contributed by atoms with Crippen molar-refractivity contribution >= 4 is 12.3 Å². The van der Waals surface area contributed by atoms with E-state index in [0.717, 1.165) is 6.54 Å². The molecule has 4 nitrogen and oxygen atoms in total. The normalized spacial score (nSPS) is 12.2. The molecule has 1 N–H and O–H groups in total. The van der Waals surface area contributed by atoms with Crippen LogP contribution < -0.4 is 5.32 Å². The SMILES string of the molecule is CC(CC(=O)NC=O)N(C)Cc1ccccc1. The Bertz CT molecular complexity index is 365. The fourth-order valence-corrected chi connectivity index (χ4v) is 1.58. The summed E-state index contributed by atoms with van der Waals surface area (Å²) in [4.78, 5) is 23.4. The van der Waals surface area contributed by atoms with E-state index in [1.165, 1.54) is 5.56 Å². The first-order chi connectivity index (χ1) is 8.13. The zero-order chi connectivity index (χ0) is 12.7. The average Bonchev–Trinajstić information content (AvgIpc) is 2.30. The van der Waals surface area contributed by atoms with Crippen molar-refractivity contribution in [2.75, 3.05) is 7.05 Å². The van der Waals surface area contributed by atoms with Gasteiger partial charge in [0.1, 0.15) is 0 Å². The van der Waals surface area contributed by atoms with Crippen molar-refractivity contribution in [1.29, 1.82) is 0 Å². The van der Waals surface area contributed by atoms with Gasteiger partial charge in [-0.25, -0.2) is 0 Å². The number of nitrogens with one attached hydrogen (secondary N) is 1. The summed E-state index contributed by atoms with van der Waals surface area (Å²) in [5.74, 6) is -0.243. The van der Waals surface area contributed by atoms with Crippen LogP contribution in [0.4, 0.5) is 0 Å². The molecule has 4 heteroatoms. The van der Waals surface area contributed by atoms with Gasteiger partial charge in [-0.05, 0) is 19.5 Å². The lowest BCUT2D eigenvalue weighted by atomic mass is 10.1. The van der Waals surface area contributed by atoms with Gasteiger partial charge in [0, 0.05) is 19.0 Å². The third kappa shape index (κ3) is 4.78. The number of nitrogens with zero attached hydrogens (tertiary/aromatic N) is 1. The maximum Gasteiger partial charge on any atom is 0.227 e. The molecule has 1 aromatic rings. The molecule has 92 valence electrons. The van der Waals surface area contributed by atoms with Gasteiger partial charge in [0.25, 0.3) is 0 Å². The van der Waals surface area contributed by atoms with Gasteiger partial charge in [-0.3, -0.25) is 19.8 Å². The number of hydrogen-bond donors (Lipinski definition) is 1. The van der Waals surface area contributed by atoms with Crippen LogP contribution in [0.3, 0.4) is 0 Å². The minimum atomic E-state index is -0.243. The zero-order valence-electron chi connectivity index (χ0n) is 10.2. The highest BCUT2D eigenvalue weighted by Gasteiger charge is 2.13. The van der Waals surface area contributed by atoms with Gasteiger partial charge < -0.3 is 0 Å². The summed E-state index contributed by atoms with van der Waals surface area (Å²) in [6.07, 6.45) is 0.744. The highest BCUT2D eigenvalue weighted by molar-refractivity contribution is 5.86. The Kier molecular flexibility index (Phi) is 5.36.